The van der Waals surface area contributed by atoms with Crippen molar-refractivity contribution in [1.29, 1.82) is 0 Å². The van der Waals surface area contributed by atoms with Crippen molar-refractivity contribution in [3.8, 4) is 0 Å². The smallest absolute Gasteiger partial charge is 0.233 e. The Kier molecular flexibility index (Phi) is 5.23. The Labute approximate surface area is 134 Å². The zero-order valence-electron chi connectivity index (χ0n) is 11.6. The molecule has 0 radical (unpaired) electrons. The van der Waals surface area contributed by atoms with Crippen LogP contribution in [0.15, 0.2) is 42.5 Å². The summed E-state index contributed by atoms with van der Waals surface area (Å²) < 4.78 is 0. The van der Waals surface area contributed by atoms with Gasteiger partial charge in [-0.15, -0.1) is 0 Å². The molecule has 3 nitrogen and oxygen atoms in total. The molecule has 0 aliphatic heterocycles. The maximum atomic E-state index is 12.4. The Morgan fingerprint density at radius 1 is 1.19 bits per heavy atom. The highest BCUT2D eigenvalue weighted by Crippen LogP contribution is 2.29. The van der Waals surface area contributed by atoms with Gasteiger partial charge >= 0.3 is 0 Å². The van der Waals surface area contributed by atoms with E-state index < -0.39 is 5.92 Å². The lowest BCUT2D eigenvalue weighted by atomic mass is 9.98. The maximum Gasteiger partial charge on any atom is 0.233 e. The molecule has 0 aromatic heterocycles. The minimum Gasteiger partial charge on any atom is -0.329 e. The summed E-state index contributed by atoms with van der Waals surface area (Å²) in [6, 6.07) is 12.8. The minimum atomic E-state index is -0.428. The first-order valence-corrected chi connectivity index (χ1v) is 7.30. The highest BCUT2D eigenvalue weighted by Gasteiger charge is 2.20. The number of nitrogens with one attached hydrogen (secondary N) is 1. The number of anilines is 1. The number of carbonyl (C=O) groups excluding carboxylic acids is 1. The summed E-state index contributed by atoms with van der Waals surface area (Å²) in [6.07, 6.45) is 0. The van der Waals surface area contributed by atoms with Gasteiger partial charge in [0.2, 0.25) is 5.91 Å². The van der Waals surface area contributed by atoms with Crippen molar-refractivity contribution in [2.75, 3.05) is 11.9 Å². The molecule has 2 aromatic carbocycles. The monoisotopic (exact) mass is 322 g/mol. The molecule has 21 heavy (non-hydrogen) atoms. The van der Waals surface area contributed by atoms with E-state index in [1.807, 2.05) is 37.3 Å². The Bertz CT molecular complexity index is 644. The van der Waals surface area contributed by atoms with Crippen molar-refractivity contribution >= 4 is 34.8 Å². The van der Waals surface area contributed by atoms with Crippen LogP contribution in [0.5, 0.6) is 0 Å². The normalized spacial score (nSPS) is 12.0. The first-order valence-electron chi connectivity index (χ1n) is 6.54. The third kappa shape index (κ3) is 3.76. The Hall–Kier alpha value is -1.55. The van der Waals surface area contributed by atoms with Gasteiger partial charge in [0.15, 0.2) is 0 Å². The topological polar surface area (TPSA) is 55.1 Å². The summed E-state index contributed by atoms with van der Waals surface area (Å²) in [4.78, 5) is 12.4. The third-order valence-corrected chi connectivity index (χ3v) is 3.98. The molecule has 0 saturated carbocycles. The van der Waals surface area contributed by atoms with Crippen LogP contribution in [0.4, 0.5) is 5.69 Å². The van der Waals surface area contributed by atoms with Crippen molar-refractivity contribution in [1.82, 2.24) is 0 Å². The van der Waals surface area contributed by atoms with Gasteiger partial charge in [-0.3, -0.25) is 4.79 Å². The van der Waals surface area contributed by atoms with Gasteiger partial charge in [0.1, 0.15) is 0 Å². The van der Waals surface area contributed by atoms with Crippen molar-refractivity contribution in [2.45, 2.75) is 12.8 Å². The Balaban J connectivity index is 2.23. The van der Waals surface area contributed by atoms with Crippen LogP contribution in [0.25, 0.3) is 0 Å². The van der Waals surface area contributed by atoms with Gasteiger partial charge in [0.25, 0.3) is 0 Å². The van der Waals surface area contributed by atoms with Crippen LogP contribution in [0.2, 0.25) is 10.0 Å². The van der Waals surface area contributed by atoms with Crippen LogP contribution in [-0.4, -0.2) is 12.5 Å². The third-order valence-electron chi connectivity index (χ3n) is 3.26. The number of aryl methyl sites for hydroxylation is 1. The Morgan fingerprint density at radius 3 is 2.48 bits per heavy atom. The summed E-state index contributed by atoms with van der Waals surface area (Å²) in [5, 5.41) is 3.80. The highest BCUT2D eigenvalue weighted by molar-refractivity contribution is 6.36. The summed E-state index contributed by atoms with van der Waals surface area (Å²) in [6.45, 7) is 2.07. The van der Waals surface area contributed by atoms with Crippen molar-refractivity contribution in [2.24, 2.45) is 5.73 Å². The zero-order valence-corrected chi connectivity index (χ0v) is 13.1. The van der Waals surface area contributed by atoms with E-state index in [-0.39, 0.29) is 12.5 Å². The van der Waals surface area contributed by atoms with E-state index in [0.29, 0.717) is 15.7 Å². The molecular weight excluding hydrogens is 307 g/mol. The maximum absolute atomic E-state index is 12.4. The Morgan fingerprint density at radius 2 is 1.86 bits per heavy atom. The van der Waals surface area contributed by atoms with Gasteiger partial charge in [-0.1, -0.05) is 53.5 Å². The van der Waals surface area contributed by atoms with Crippen LogP contribution in [0, 0.1) is 6.92 Å². The van der Waals surface area contributed by atoms with Gasteiger partial charge < -0.3 is 11.1 Å². The van der Waals surface area contributed by atoms with E-state index in [0.717, 1.165) is 11.1 Å². The lowest BCUT2D eigenvalue weighted by Crippen LogP contribution is -2.27. The first-order chi connectivity index (χ1) is 10.0. The molecule has 1 unspecified atom stereocenters. The summed E-state index contributed by atoms with van der Waals surface area (Å²) >= 11 is 12.2. The van der Waals surface area contributed by atoms with Gasteiger partial charge in [-0.2, -0.15) is 0 Å². The number of nitrogens with two attached hydrogens (primary N) is 1. The first kappa shape index (κ1) is 15.8. The van der Waals surface area contributed by atoms with Crippen LogP contribution in [-0.2, 0) is 4.79 Å². The molecule has 3 N–H and O–H groups in total. The molecule has 0 aliphatic rings. The number of benzene rings is 2. The second kappa shape index (κ2) is 6.94. The predicted molar refractivity (Wildman–Crippen MR) is 88.1 cm³/mol. The van der Waals surface area contributed by atoms with Crippen molar-refractivity contribution in [3.05, 3.63) is 63.6 Å². The van der Waals surface area contributed by atoms with E-state index in [2.05, 4.69) is 5.32 Å². The molecule has 0 saturated heterocycles. The van der Waals surface area contributed by atoms with Crippen LogP contribution >= 0.6 is 23.2 Å². The highest BCUT2D eigenvalue weighted by atomic mass is 35.5. The standard InChI is InChI=1S/C16H16Cl2N2O/c1-10-7-14(18)15(8-13(10)17)20-16(21)12(9-19)11-5-3-2-4-6-11/h2-8,12H,9,19H2,1H3,(H,20,21). The fraction of sp³-hybridized carbons (Fsp3) is 0.188. The van der Waals surface area contributed by atoms with Gasteiger partial charge in [-0.25, -0.2) is 0 Å². The predicted octanol–water partition coefficient (Wildman–Crippen LogP) is 3.98. The van der Waals surface area contributed by atoms with E-state index in [1.165, 1.54) is 0 Å². The minimum absolute atomic E-state index is 0.203. The molecule has 1 atom stereocenters. The van der Waals surface area contributed by atoms with E-state index in [9.17, 15) is 4.79 Å². The number of rotatable bonds is 4. The number of carbonyl (C=O) groups is 1. The van der Waals surface area contributed by atoms with Crippen LogP contribution < -0.4 is 11.1 Å². The molecular formula is C16H16Cl2N2O. The van der Waals surface area contributed by atoms with Gasteiger partial charge in [-0.05, 0) is 30.2 Å². The average molecular weight is 323 g/mol. The van der Waals surface area contributed by atoms with Crippen molar-refractivity contribution < 1.29 is 4.79 Å². The molecule has 0 bridgehead atoms. The molecule has 0 heterocycles. The molecule has 0 fully saturated rings. The lowest BCUT2D eigenvalue weighted by molar-refractivity contribution is -0.117. The number of hydrogen-bond donors (Lipinski definition) is 2. The molecule has 0 spiro atoms. The molecule has 1 amide bonds. The number of hydrogen-bond acceptors (Lipinski definition) is 2. The summed E-state index contributed by atoms with van der Waals surface area (Å²) in [5.41, 5.74) is 7.95. The van der Waals surface area contributed by atoms with Crippen LogP contribution in [0.1, 0.15) is 17.0 Å². The van der Waals surface area contributed by atoms with E-state index >= 15 is 0 Å². The quantitative estimate of drug-likeness (QED) is 0.894. The fourth-order valence-corrected chi connectivity index (χ4v) is 2.47. The SMILES string of the molecule is Cc1cc(Cl)c(NC(=O)C(CN)c2ccccc2)cc1Cl. The molecule has 2 rings (SSSR count). The largest absolute Gasteiger partial charge is 0.329 e. The summed E-state index contributed by atoms with van der Waals surface area (Å²) in [7, 11) is 0. The lowest BCUT2D eigenvalue weighted by Gasteiger charge is -2.16. The van der Waals surface area contributed by atoms with Gasteiger partial charge in [0.05, 0.1) is 16.6 Å². The second-order valence-corrected chi connectivity index (χ2v) is 5.58. The van der Waals surface area contributed by atoms with E-state index in [1.54, 1.807) is 12.1 Å². The fourth-order valence-electron chi connectivity index (χ4n) is 2.04. The number of amides is 1. The zero-order chi connectivity index (χ0) is 15.4. The van der Waals surface area contributed by atoms with Crippen molar-refractivity contribution in [3.63, 3.8) is 0 Å². The second-order valence-electron chi connectivity index (χ2n) is 4.77. The molecule has 2 aromatic rings. The van der Waals surface area contributed by atoms with Gasteiger partial charge in [0, 0.05) is 11.6 Å². The molecule has 5 heteroatoms. The number of halogens is 2. The molecule has 110 valence electrons. The summed E-state index contributed by atoms with van der Waals surface area (Å²) in [5.74, 6) is -0.632. The van der Waals surface area contributed by atoms with E-state index in [4.69, 9.17) is 28.9 Å². The average Bonchev–Trinajstić information content (AvgIpc) is 2.46. The van der Waals surface area contributed by atoms with Crippen LogP contribution in [0.3, 0.4) is 0 Å². The molecule has 0 aliphatic carbocycles.